The van der Waals surface area contributed by atoms with Gasteiger partial charge in [0.1, 0.15) is 6.04 Å². The maximum Gasteiger partial charge on any atom is 0.328 e. The summed E-state index contributed by atoms with van der Waals surface area (Å²) >= 11 is 14.1. The van der Waals surface area contributed by atoms with E-state index in [0.717, 1.165) is 4.90 Å². The van der Waals surface area contributed by atoms with E-state index in [1.807, 2.05) is 32.2 Å². The average molecular weight is 501 g/mol. The predicted octanol–water partition coefficient (Wildman–Crippen LogP) is 4.67. The standard InChI is InChI=1S/C23H30Cl2N2O4S/c1-14(2)13-17(23(30)31-3)26-22(29)16-9-11-27(12-10-16)19(28)8-6-15-5-7-18(32-4)21(25)20(15)24/h5-8,14,16-17H,9-13H2,1-4H3,(H,26,29). The summed E-state index contributed by atoms with van der Waals surface area (Å²) in [7, 11) is 1.32. The predicted molar refractivity (Wildman–Crippen MR) is 130 cm³/mol. The highest BCUT2D eigenvalue weighted by molar-refractivity contribution is 7.98. The Hall–Kier alpha value is -1.70. The number of likely N-dealkylation sites (tertiary alicyclic amines) is 1. The van der Waals surface area contributed by atoms with Crippen molar-refractivity contribution in [2.75, 3.05) is 26.5 Å². The molecule has 1 unspecified atom stereocenters. The molecule has 1 N–H and O–H groups in total. The number of hydrogen-bond donors (Lipinski definition) is 1. The zero-order valence-corrected chi connectivity index (χ0v) is 21.1. The van der Waals surface area contributed by atoms with Crippen LogP contribution in [0.15, 0.2) is 23.1 Å². The smallest absolute Gasteiger partial charge is 0.328 e. The fraction of sp³-hybridized carbons (Fsp3) is 0.522. The minimum absolute atomic E-state index is 0.141. The van der Waals surface area contributed by atoms with Crippen LogP contribution in [0.25, 0.3) is 6.08 Å². The number of nitrogens with one attached hydrogen (secondary N) is 1. The number of esters is 1. The summed E-state index contributed by atoms with van der Waals surface area (Å²) in [5, 5.41) is 3.71. The molecule has 6 nitrogen and oxygen atoms in total. The van der Waals surface area contributed by atoms with Crippen molar-refractivity contribution in [3.8, 4) is 0 Å². The Labute approximate surface area is 204 Å². The summed E-state index contributed by atoms with van der Waals surface area (Å²) in [6.07, 6.45) is 6.65. The lowest BCUT2D eigenvalue weighted by atomic mass is 9.94. The second-order valence-electron chi connectivity index (χ2n) is 8.13. The van der Waals surface area contributed by atoms with E-state index in [0.29, 0.717) is 48.0 Å². The molecule has 0 radical (unpaired) electrons. The summed E-state index contributed by atoms with van der Waals surface area (Å²) in [5.74, 6) is -0.744. The third kappa shape index (κ3) is 7.15. The number of ether oxygens (including phenoxy) is 1. The van der Waals surface area contributed by atoms with Gasteiger partial charge in [-0.3, -0.25) is 9.59 Å². The number of carbonyl (C=O) groups is 3. The van der Waals surface area contributed by atoms with Crippen molar-refractivity contribution in [2.45, 2.75) is 44.0 Å². The third-order valence-electron chi connectivity index (χ3n) is 5.39. The van der Waals surface area contributed by atoms with Crippen molar-refractivity contribution in [2.24, 2.45) is 11.8 Å². The maximum absolute atomic E-state index is 12.7. The third-order valence-corrected chi connectivity index (χ3v) is 7.18. The molecular formula is C23H30Cl2N2O4S. The Morgan fingerprint density at radius 2 is 1.88 bits per heavy atom. The van der Waals surface area contributed by atoms with Gasteiger partial charge in [0.05, 0.1) is 17.2 Å². The first-order valence-corrected chi connectivity index (χ1v) is 12.5. The van der Waals surface area contributed by atoms with Gasteiger partial charge in [0.25, 0.3) is 0 Å². The van der Waals surface area contributed by atoms with Crippen LogP contribution in [0, 0.1) is 11.8 Å². The van der Waals surface area contributed by atoms with Crippen molar-refractivity contribution < 1.29 is 19.1 Å². The second kappa shape index (κ2) is 12.5. The molecule has 1 aliphatic rings. The lowest BCUT2D eigenvalue weighted by molar-refractivity contribution is -0.146. The Kier molecular flexibility index (Phi) is 10.4. The fourth-order valence-corrected chi connectivity index (χ4v) is 4.75. The van der Waals surface area contributed by atoms with E-state index in [2.05, 4.69) is 5.32 Å². The number of benzene rings is 1. The highest BCUT2D eigenvalue weighted by Gasteiger charge is 2.30. The number of methoxy groups -OCH3 is 1. The van der Waals surface area contributed by atoms with Gasteiger partial charge >= 0.3 is 5.97 Å². The number of carbonyl (C=O) groups excluding carboxylic acids is 3. The molecule has 2 amide bonds. The van der Waals surface area contributed by atoms with Crippen molar-refractivity contribution in [3.63, 3.8) is 0 Å². The van der Waals surface area contributed by atoms with Crippen LogP contribution in [0.2, 0.25) is 10.0 Å². The lowest BCUT2D eigenvalue weighted by Gasteiger charge is -2.31. The topological polar surface area (TPSA) is 75.7 Å². The molecule has 0 bridgehead atoms. The average Bonchev–Trinajstić information content (AvgIpc) is 2.78. The van der Waals surface area contributed by atoms with Crippen LogP contribution in [0.4, 0.5) is 0 Å². The second-order valence-corrected chi connectivity index (χ2v) is 9.74. The van der Waals surface area contributed by atoms with Gasteiger partial charge in [-0.15, -0.1) is 11.8 Å². The molecule has 32 heavy (non-hydrogen) atoms. The van der Waals surface area contributed by atoms with Gasteiger partial charge in [0.2, 0.25) is 11.8 Å². The highest BCUT2D eigenvalue weighted by Crippen LogP contribution is 2.35. The van der Waals surface area contributed by atoms with E-state index in [9.17, 15) is 14.4 Å². The van der Waals surface area contributed by atoms with Crippen molar-refractivity contribution in [1.82, 2.24) is 10.2 Å². The van der Waals surface area contributed by atoms with Crippen LogP contribution in [-0.2, 0) is 19.1 Å². The monoisotopic (exact) mass is 500 g/mol. The molecule has 0 saturated carbocycles. The van der Waals surface area contributed by atoms with Gasteiger partial charge in [0, 0.05) is 30.0 Å². The molecule has 9 heteroatoms. The van der Waals surface area contributed by atoms with Crippen LogP contribution >= 0.6 is 35.0 Å². The molecule has 1 atom stereocenters. The molecule has 0 spiro atoms. The Bertz CT molecular complexity index is 868. The van der Waals surface area contributed by atoms with Crippen molar-refractivity contribution in [1.29, 1.82) is 0 Å². The zero-order chi connectivity index (χ0) is 23.8. The van der Waals surface area contributed by atoms with Gasteiger partial charge in [-0.1, -0.05) is 43.1 Å². The van der Waals surface area contributed by atoms with E-state index in [1.54, 1.807) is 11.0 Å². The molecular weight excluding hydrogens is 471 g/mol. The molecule has 176 valence electrons. The summed E-state index contributed by atoms with van der Waals surface area (Å²) in [6.45, 7) is 4.90. The largest absolute Gasteiger partial charge is 0.467 e. The minimum atomic E-state index is -0.649. The SMILES string of the molecule is COC(=O)C(CC(C)C)NC(=O)C1CCN(C(=O)C=Cc2ccc(SC)c(Cl)c2Cl)CC1. The molecule has 1 heterocycles. The minimum Gasteiger partial charge on any atom is -0.467 e. The van der Waals surface area contributed by atoms with Crippen LogP contribution in [0.1, 0.15) is 38.7 Å². The first-order valence-electron chi connectivity index (χ1n) is 10.5. The quantitative estimate of drug-likeness (QED) is 0.318. The molecule has 1 aliphatic heterocycles. The molecule has 0 aromatic heterocycles. The molecule has 1 aromatic carbocycles. The number of thioether (sulfide) groups is 1. The van der Waals surface area contributed by atoms with Gasteiger partial charge in [-0.25, -0.2) is 4.79 Å². The molecule has 0 aliphatic carbocycles. The van der Waals surface area contributed by atoms with E-state index in [4.69, 9.17) is 27.9 Å². The summed E-state index contributed by atoms with van der Waals surface area (Å²) in [4.78, 5) is 39.8. The lowest BCUT2D eigenvalue weighted by Crippen LogP contribution is -2.48. The Morgan fingerprint density at radius 1 is 1.22 bits per heavy atom. The van der Waals surface area contributed by atoms with E-state index in [1.165, 1.54) is 24.9 Å². The molecule has 2 rings (SSSR count). The Morgan fingerprint density at radius 3 is 2.44 bits per heavy atom. The van der Waals surface area contributed by atoms with E-state index in [-0.39, 0.29) is 23.7 Å². The van der Waals surface area contributed by atoms with Gasteiger partial charge in [-0.05, 0) is 49.1 Å². The highest BCUT2D eigenvalue weighted by atomic mass is 35.5. The zero-order valence-electron chi connectivity index (χ0n) is 18.8. The number of nitrogens with zero attached hydrogens (tertiary/aromatic N) is 1. The fourth-order valence-electron chi connectivity index (χ4n) is 3.58. The van der Waals surface area contributed by atoms with Gasteiger partial charge < -0.3 is 15.0 Å². The van der Waals surface area contributed by atoms with Crippen molar-refractivity contribution in [3.05, 3.63) is 33.8 Å². The summed E-state index contributed by atoms with van der Waals surface area (Å²) < 4.78 is 4.81. The first kappa shape index (κ1) is 26.6. The number of rotatable bonds is 8. The van der Waals surface area contributed by atoms with E-state index >= 15 is 0 Å². The number of halogens is 2. The number of piperidine rings is 1. The Balaban J connectivity index is 1.92. The van der Waals surface area contributed by atoms with E-state index < -0.39 is 12.0 Å². The number of amides is 2. The molecule has 1 fully saturated rings. The van der Waals surface area contributed by atoms with Crippen LogP contribution in [0.5, 0.6) is 0 Å². The summed E-state index contributed by atoms with van der Waals surface area (Å²) in [6, 6.07) is 3.05. The van der Waals surface area contributed by atoms with Crippen LogP contribution in [-0.4, -0.2) is 55.2 Å². The normalized spacial score (nSPS) is 15.8. The molecule has 1 aromatic rings. The maximum atomic E-state index is 12.7. The van der Waals surface area contributed by atoms with Crippen LogP contribution in [0.3, 0.4) is 0 Å². The van der Waals surface area contributed by atoms with Gasteiger partial charge in [0.15, 0.2) is 0 Å². The van der Waals surface area contributed by atoms with Crippen LogP contribution < -0.4 is 5.32 Å². The van der Waals surface area contributed by atoms with Gasteiger partial charge in [-0.2, -0.15) is 0 Å². The molecule has 1 saturated heterocycles. The summed E-state index contributed by atoms with van der Waals surface area (Å²) in [5.41, 5.74) is 0.677. The van der Waals surface area contributed by atoms with Crippen molar-refractivity contribution >= 4 is 58.8 Å². The first-order chi connectivity index (χ1) is 15.2. The number of hydrogen-bond acceptors (Lipinski definition) is 5.